The molecule has 0 bridgehead atoms. The third kappa shape index (κ3) is 2.38. The van der Waals surface area contributed by atoms with Crippen LogP contribution in [0.2, 0.25) is 0 Å². The van der Waals surface area contributed by atoms with Gasteiger partial charge in [0.25, 0.3) is 0 Å². The molecule has 0 unspecified atom stereocenters. The predicted octanol–water partition coefficient (Wildman–Crippen LogP) is 2.53. The minimum Gasteiger partial charge on any atom is -0.429 e. The summed E-state index contributed by atoms with van der Waals surface area (Å²) in [5.41, 5.74) is -3.68. The zero-order valence-electron chi connectivity index (χ0n) is 8.78. The second-order valence-corrected chi connectivity index (χ2v) is 3.25. The van der Waals surface area contributed by atoms with Gasteiger partial charge in [-0.15, -0.1) is 0 Å². The van der Waals surface area contributed by atoms with Crippen molar-refractivity contribution in [1.29, 1.82) is 5.26 Å². The largest absolute Gasteiger partial charge is 0.447 e. The molecular formula is C11H8F3NO2. The fourth-order valence-corrected chi connectivity index (χ4v) is 1.32. The van der Waals surface area contributed by atoms with Crippen LogP contribution in [0, 0.1) is 11.3 Å². The highest BCUT2D eigenvalue weighted by Crippen LogP contribution is 2.41. The van der Waals surface area contributed by atoms with E-state index in [-0.39, 0.29) is 0 Å². The second kappa shape index (κ2) is 4.45. The topological polar surface area (TPSA) is 50.1 Å². The van der Waals surface area contributed by atoms with Crippen molar-refractivity contribution < 1.29 is 22.7 Å². The lowest BCUT2D eigenvalue weighted by atomic mass is 9.94. The lowest BCUT2D eigenvalue weighted by molar-refractivity contribution is -0.253. The molecule has 0 aliphatic carbocycles. The van der Waals surface area contributed by atoms with Gasteiger partial charge in [-0.2, -0.15) is 18.4 Å². The monoisotopic (exact) mass is 243 g/mol. The normalized spacial score (nSPS) is 14.5. The molecule has 1 rings (SSSR count). The van der Waals surface area contributed by atoms with Crippen LogP contribution >= 0.6 is 0 Å². The van der Waals surface area contributed by atoms with Gasteiger partial charge in [0.05, 0.1) is 0 Å². The summed E-state index contributed by atoms with van der Waals surface area (Å²) in [6, 6.07) is 7.36. The van der Waals surface area contributed by atoms with Crippen molar-refractivity contribution in [1.82, 2.24) is 0 Å². The van der Waals surface area contributed by atoms with E-state index in [2.05, 4.69) is 4.74 Å². The van der Waals surface area contributed by atoms with Crippen LogP contribution in [0.1, 0.15) is 12.5 Å². The average Bonchev–Trinajstić information content (AvgIpc) is 2.25. The Morgan fingerprint density at radius 3 is 2.18 bits per heavy atom. The van der Waals surface area contributed by atoms with E-state index >= 15 is 0 Å². The van der Waals surface area contributed by atoms with Crippen molar-refractivity contribution in [3.63, 3.8) is 0 Å². The number of nitrogens with zero attached hydrogens (tertiary/aromatic N) is 1. The Morgan fingerprint density at radius 2 is 1.82 bits per heavy atom. The van der Waals surface area contributed by atoms with E-state index in [1.807, 2.05) is 0 Å². The standard InChI is InChI=1S/C11H8F3NO2/c1-8(16)17-10(7-15,11(12,13)14)9-5-3-2-4-6-9/h2-6H,1H3/t10-/m0/s1. The number of hydrogen-bond acceptors (Lipinski definition) is 3. The van der Waals surface area contributed by atoms with Gasteiger partial charge in [-0.1, -0.05) is 30.3 Å². The highest BCUT2D eigenvalue weighted by Gasteiger charge is 2.60. The fourth-order valence-electron chi connectivity index (χ4n) is 1.32. The molecule has 1 aromatic rings. The summed E-state index contributed by atoms with van der Waals surface area (Å²) in [5, 5.41) is 8.77. The summed E-state index contributed by atoms with van der Waals surface area (Å²) < 4.78 is 43.0. The summed E-state index contributed by atoms with van der Waals surface area (Å²) in [6.07, 6.45) is -5.01. The molecule has 0 aromatic heterocycles. The number of carbonyl (C=O) groups is 1. The maximum Gasteiger partial charge on any atom is 0.447 e. The smallest absolute Gasteiger partial charge is 0.429 e. The third-order valence-electron chi connectivity index (χ3n) is 2.03. The van der Waals surface area contributed by atoms with Crippen LogP contribution in [0.3, 0.4) is 0 Å². The maximum atomic E-state index is 12.9. The highest BCUT2D eigenvalue weighted by molar-refractivity contribution is 5.67. The molecule has 90 valence electrons. The molecule has 0 amide bonds. The molecule has 3 nitrogen and oxygen atoms in total. The van der Waals surface area contributed by atoms with Gasteiger partial charge >= 0.3 is 17.7 Å². The molecule has 1 atom stereocenters. The number of rotatable bonds is 2. The van der Waals surface area contributed by atoms with Crippen LogP contribution in [-0.2, 0) is 15.1 Å². The molecule has 0 aliphatic rings. The van der Waals surface area contributed by atoms with Gasteiger partial charge < -0.3 is 4.74 Å². The Morgan fingerprint density at radius 1 is 1.29 bits per heavy atom. The number of halogens is 3. The van der Waals surface area contributed by atoms with Crippen LogP contribution in [0.4, 0.5) is 13.2 Å². The number of hydrogen-bond donors (Lipinski definition) is 0. The number of ether oxygens (including phenoxy) is 1. The third-order valence-corrected chi connectivity index (χ3v) is 2.03. The molecule has 0 N–H and O–H groups in total. The first-order valence-electron chi connectivity index (χ1n) is 4.56. The van der Waals surface area contributed by atoms with E-state index in [1.54, 1.807) is 0 Å². The van der Waals surface area contributed by atoms with Crippen molar-refractivity contribution in [2.45, 2.75) is 18.7 Å². The fraction of sp³-hybridized carbons (Fsp3) is 0.273. The van der Waals surface area contributed by atoms with Crippen molar-refractivity contribution in [2.75, 3.05) is 0 Å². The van der Waals surface area contributed by atoms with E-state index in [9.17, 15) is 18.0 Å². The van der Waals surface area contributed by atoms with Gasteiger partial charge in [0.15, 0.2) is 0 Å². The molecule has 0 saturated heterocycles. The van der Waals surface area contributed by atoms with Gasteiger partial charge in [0.2, 0.25) is 0 Å². The van der Waals surface area contributed by atoms with Gasteiger partial charge in [0.1, 0.15) is 6.07 Å². The van der Waals surface area contributed by atoms with Gasteiger partial charge in [-0.3, -0.25) is 4.79 Å². The van der Waals surface area contributed by atoms with Gasteiger partial charge in [0, 0.05) is 12.5 Å². The summed E-state index contributed by atoms with van der Waals surface area (Å²) in [7, 11) is 0. The summed E-state index contributed by atoms with van der Waals surface area (Å²) >= 11 is 0. The van der Waals surface area contributed by atoms with Crippen LogP contribution < -0.4 is 0 Å². The minimum atomic E-state index is -5.01. The molecule has 0 radical (unpaired) electrons. The molecule has 0 fully saturated rings. The number of nitriles is 1. The quantitative estimate of drug-likeness (QED) is 0.750. The molecule has 1 aromatic carbocycles. The Kier molecular flexibility index (Phi) is 3.42. The number of benzene rings is 1. The molecule has 17 heavy (non-hydrogen) atoms. The Hall–Kier alpha value is -2.03. The first kappa shape index (κ1) is 13.0. The molecule has 0 heterocycles. The second-order valence-electron chi connectivity index (χ2n) is 3.25. The van der Waals surface area contributed by atoms with Crippen molar-refractivity contribution >= 4 is 5.97 Å². The lowest BCUT2D eigenvalue weighted by Gasteiger charge is -2.28. The first-order chi connectivity index (χ1) is 7.83. The molecule has 0 spiro atoms. The average molecular weight is 243 g/mol. The predicted molar refractivity (Wildman–Crippen MR) is 51.6 cm³/mol. The van der Waals surface area contributed by atoms with Crippen LogP contribution in [-0.4, -0.2) is 12.1 Å². The number of carbonyl (C=O) groups excluding carboxylic acids is 1. The van der Waals surface area contributed by atoms with E-state index in [0.29, 0.717) is 0 Å². The van der Waals surface area contributed by atoms with Gasteiger partial charge in [-0.25, -0.2) is 0 Å². The summed E-state index contributed by atoms with van der Waals surface area (Å²) in [5.74, 6) is -1.17. The maximum absolute atomic E-state index is 12.9. The van der Waals surface area contributed by atoms with Crippen LogP contribution in [0.5, 0.6) is 0 Å². The van der Waals surface area contributed by atoms with Crippen molar-refractivity contribution in [3.05, 3.63) is 35.9 Å². The van der Waals surface area contributed by atoms with Crippen LogP contribution in [0.25, 0.3) is 0 Å². The lowest BCUT2D eigenvalue weighted by Crippen LogP contribution is -2.44. The van der Waals surface area contributed by atoms with Crippen molar-refractivity contribution in [3.8, 4) is 6.07 Å². The molecular weight excluding hydrogens is 235 g/mol. The summed E-state index contributed by atoms with van der Waals surface area (Å²) in [6.45, 7) is 0.820. The molecule has 6 heteroatoms. The Bertz CT molecular complexity index is 450. The van der Waals surface area contributed by atoms with Gasteiger partial charge in [-0.05, 0) is 0 Å². The summed E-state index contributed by atoms with van der Waals surface area (Å²) in [4.78, 5) is 10.8. The number of esters is 1. The van der Waals surface area contributed by atoms with E-state index in [4.69, 9.17) is 5.26 Å². The number of alkyl halides is 3. The first-order valence-corrected chi connectivity index (χ1v) is 4.56. The SMILES string of the molecule is CC(=O)O[C@@](C#N)(c1ccccc1)C(F)(F)F. The van der Waals surface area contributed by atoms with Crippen molar-refractivity contribution in [2.24, 2.45) is 0 Å². The Balaban J connectivity index is 3.38. The zero-order chi connectivity index (χ0) is 13.1. The highest BCUT2D eigenvalue weighted by atomic mass is 19.4. The van der Waals surface area contributed by atoms with E-state index in [1.165, 1.54) is 18.2 Å². The van der Waals surface area contributed by atoms with Crippen LogP contribution in [0.15, 0.2) is 30.3 Å². The molecule has 0 aliphatic heterocycles. The minimum absolute atomic E-state index is 0.426. The molecule has 0 saturated carbocycles. The van der Waals surface area contributed by atoms with E-state index in [0.717, 1.165) is 25.1 Å². The Labute approximate surface area is 95.4 Å². The zero-order valence-corrected chi connectivity index (χ0v) is 8.78. The van der Waals surface area contributed by atoms with E-state index < -0.39 is 23.3 Å².